The first-order valence-corrected chi connectivity index (χ1v) is 8.01. The van der Waals surface area contributed by atoms with Gasteiger partial charge in [-0.05, 0) is 46.9 Å². The number of amides is 1. The Kier molecular flexibility index (Phi) is 5.66. The molecule has 0 aliphatic rings. The second-order valence-electron chi connectivity index (χ2n) is 4.33. The van der Waals surface area contributed by atoms with Gasteiger partial charge in [-0.15, -0.1) is 0 Å². The van der Waals surface area contributed by atoms with E-state index < -0.39 is 22.3 Å². The average molecular weight is 490 g/mol. The molecule has 0 atom stereocenters. The number of carbonyl (C=O) groups is 1. The predicted octanol–water partition coefficient (Wildman–Crippen LogP) is 3.43. The zero-order valence-electron chi connectivity index (χ0n) is 11.4. The minimum Gasteiger partial charge on any atom is -0.502 e. The van der Waals surface area contributed by atoms with E-state index in [0.717, 1.165) is 9.78 Å². The van der Waals surface area contributed by atoms with Crippen LogP contribution in [0.2, 0.25) is 0 Å². The standard InChI is InChI=1S/C14H9BrIN3O4/c15-10-4-9(13(20)12(6-10)19(22)23)7-17-18-14(21)8-2-1-3-11(16)5-8/h1-7,20H,(H,18,21)/b17-7-. The Bertz CT molecular complexity index is 811. The minimum absolute atomic E-state index is 0.106. The normalized spacial score (nSPS) is 10.7. The smallest absolute Gasteiger partial charge is 0.312 e. The molecule has 0 spiro atoms. The van der Waals surface area contributed by atoms with Crippen molar-refractivity contribution in [1.29, 1.82) is 0 Å². The number of phenols is 1. The highest BCUT2D eigenvalue weighted by Crippen LogP contribution is 2.32. The van der Waals surface area contributed by atoms with Crippen molar-refractivity contribution in [2.45, 2.75) is 0 Å². The topological polar surface area (TPSA) is 105 Å². The van der Waals surface area contributed by atoms with Crippen LogP contribution in [-0.4, -0.2) is 22.2 Å². The number of halogens is 2. The number of carbonyl (C=O) groups excluding carboxylic acids is 1. The summed E-state index contributed by atoms with van der Waals surface area (Å²) in [6, 6.07) is 9.53. The maximum Gasteiger partial charge on any atom is 0.312 e. The van der Waals surface area contributed by atoms with Gasteiger partial charge >= 0.3 is 5.69 Å². The summed E-state index contributed by atoms with van der Waals surface area (Å²) in [5, 5.41) is 24.4. The van der Waals surface area contributed by atoms with Crippen LogP contribution in [0.1, 0.15) is 15.9 Å². The first kappa shape index (κ1) is 17.3. The van der Waals surface area contributed by atoms with E-state index in [-0.39, 0.29) is 5.56 Å². The molecule has 1 amide bonds. The molecule has 2 N–H and O–H groups in total. The van der Waals surface area contributed by atoms with Crippen LogP contribution >= 0.6 is 38.5 Å². The van der Waals surface area contributed by atoms with Gasteiger partial charge in [-0.1, -0.05) is 22.0 Å². The van der Waals surface area contributed by atoms with E-state index >= 15 is 0 Å². The molecule has 2 aromatic rings. The van der Waals surface area contributed by atoms with E-state index in [1.165, 1.54) is 12.1 Å². The van der Waals surface area contributed by atoms with Crippen LogP contribution in [0.25, 0.3) is 0 Å². The molecule has 0 fully saturated rings. The van der Waals surface area contributed by atoms with Crippen LogP contribution in [0.4, 0.5) is 5.69 Å². The number of nitro benzene ring substituents is 1. The van der Waals surface area contributed by atoms with Gasteiger partial charge in [0.05, 0.1) is 11.1 Å². The van der Waals surface area contributed by atoms with Gasteiger partial charge in [0, 0.05) is 25.2 Å². The zero-order valence-corrected chi connectivity index (χ0v) is 15.1. The summed E-state index contributed by atoms with van der Waals surface area (Å²) in [6.45, 7) is 0. The SMILES string of the molecule is O=C(N/N=C\c1cc(Br)cc([N+](=O)[O-])c1O)c1cccc(I)c1. The molecular formula is C14H9BrIN3O4. The third kappa shape index (κ3) is 4.48. The van der Waals surface area contributed by atoms with Crippen molar-refractivity contribution in [3.8, 4) is 5.75 Å². The van der Waals surface area contributed by atoms with Gasteiger partial charge in [0.25, 0.3) is 5.91 Å². The lowest BCUT2D eigenvalue weighted by Crippen LogP contribution is -2.17. The van der Waals surface area contributed by atoms with Crippen LogP contribution < -0.4 is 5.43 Å². The molecule has 118 valence electrons. The first-order chi connectivity index (χ1) is 10.9. The number of aromatic hydroxyl groups is 1. The lowest BCUT2D eigenvalue weighted by Gasteiger charge is -2.02. The minimum atomic E-state index is -0.706. The molecule has 2 aromatic carbocycles. The lowest BCUT2D eigenvalue weighted by atomic mass is 10.2. The second-order valence-corrected chi connectivity index (χ2v) is 6.49. The van der Waals surface area contributed by atoms with Gasteiger partial charge < -0.3 is 5.11 Å². The van der Waals surface area contributed by atoms with Crippen molar-refractivity contribution in [1.82, 2.24) is 5.43 Å². The van der Waals surface area contributed by atoms with Crippen LogP contribution in [0.15, 0.2) is 46.0 Å². The number of hydrogen-bond acceptors (Lipinski definition) is 5. The van der Waals surface area contributed by atoms with E-state index in [1.54, 1.807) is 18.2 Å². The molecule has 0 heterocycles. The average Bonchev–Trinajstić information content (AvgIpc) is 2.49. The van der Waals surface area contributed by atoms with Gasteiger partial charge in [-0.3, -0.25) is 14.9 Å². The maximum atomic E-state index is 11.9. The monoisotopic (exact) mass is 489 g/mol. The summed E-state index contributed by atoms with van der Waals surface area (Å²) in [7, 11) is 0. The van der Waals surface area contributed by atoms with Crippen LogP contribution in [0.5, 0.6) is 5.75 Å². The largest absolute Gasteiger partial charge is 0.502 e. The summed E-state index contributed by atoms with van der Waals surface area (Å²) in [5.41, 5.74) is 2.38. The molecule has 23 heavy (non-hydrogen) atoms. The summed E-state index contributed by atoms with van der Waals surface area (Å²) in [6.07, 6.45) is 1.14. The van der Waals surface area contributed by atoms with Crippen molar-refractivity contribution in [3.63, 3.8) is 0 Å². The molecule has 0 saturated heterocycles. The summed E-state index contributed by atoms with van der Waals surface area (Å²) >= 11 is 5.20. The molecule has 0 aliphatic heterocycles. The second kappa shape index (κ2) is 7.51. The third-order valence-electron chi connectivity index (χ3n) is 2.74. The van der Waals surface area contributed by atoms with Gasteiger partial charge in [-0.2, -0.15) is 5.10 Å². The fourth-order valence-electron chi connectivity index (χ4n) is 1.70. The predicted molar refractivity (Wildman–Crippen MR) is 96.7 cm³/mol. The lowest BCUT2D eigenvalue weighted by molar-refractivity contribution is -0.385. The number of benzene rings is 2. The van der Waals surface area contributed by atoms with Crippen LogP contribution in [0, 0.1) is 13.7 Å². The van der Waals surface area contributed by atoms with Crippen molar-refractivity contribution < 1.29 is 14.8 Å². The first-order valence-electron chi connectivity index (χ1n) is 6.14. The number of hydrazone groups is 1. The van der Waals surface area contributed by atoms with Crippen molar-refractivity contribution >= 4 is 56.3 Å². The van der Waals surface area contributed by atoms with Gasteiger partial charge in [0.1, 0.15) is 0 Å². The quantitative estimate of drug-likeness (QED) is 0.297. The number of phenolic OH excluding ortho intramolecular Hbond substituents is 1. The summed E-state index contributed by atoms with van der Waals surface area (Å²) in [5.74, 6) is -0.950. The molecule has 0 saturated carbocycles. The highest BCUT2D eigenvalue weighted by molar-refractivity contribution is 14.1. The summed E-state index contributed by atoms with van der Waals surface area (Å²) in [4.78, 5) is 22.0. The van der Waals surface area contributed by atoms with Crippen molar-refractivity contribution in [3.05, 3.63) is 65.7 Å². The molecule has 9 heteroatoms. The fraction of sp³-hybridized carbons (Fsp3) is 0. The zero-order chi connectivity index (χ0) is 17.0. The maximum absolute atomic E-state index is 11.9. The van der Waals surface area contributed by atoms with Gasteiger partial charge in [0.15, 0.2) is 0 Å². The molecule has 0 radical (unpaired) electrons. The Hall–Kier alpha value is -2.01. The van der Waals surface area contributed by atoms with Crippen LogP contribution in [0.3, 0.4) is 0 Å². The Balaban J connectivity index is 2.18. The Morgan fingerprint density at radius 1 is 1.39 bits per heavy atom. The van der Waals surface area contributed by atoms with E-state index in [2.05, 4.69) is 49.0 Å². The Morgan fingerprint density at radius 3 is 2.78 bits per heavy atom. The van der Waals surface area contributed by atoms with Crippen LogP contribution in [-0.2, 0) is 0 Å². The van der Waals surface area contributed by atoms with Crippen molar-refractivity contribution in [2.24, 2.45) is 5.10 Å². The molecule has 7 nitrogen and oxygen atoms in total. The fourth-order valence-corrected chi connectivity index (χ4v) is 2.70. The Labute approximate surface area is 152 Å². The van der Waals surface area contributed by atoms with E-state index in [1.807, 2.05) is 6.07 Å². The highest BCUT2D eigenvalue weighted by Gasteiger charge is 2.17. The highest BCUT2D eigenvalue weighted by atomic mass is 127. The number of rotatable bonds is 4. The number of nitro groups is 1. The number of nitrogens with one attached hydrogen (secondary N) is 1. The van der Waals surface area contributed by atoms with E-state index in [0.29, 0.717) is 10.0 Å². The third-order valence-corrected chi connectivity index (χ3v) is 3.87. The number of nitrogens with zero attached hydrogens (tertiary/aromatic N) is 2. The molecule has 2 rings (SSSR count). The molecule has 0 aromatic heterocycles. The van der Waals surface area contributed by atoms with Gasteiger partial charge in [-0.25, -0.2) is 5.43 Å². The molecule has 0 bridgehead atoms. The molecule has 0 aliphatic carbocycles. The molecular weight excluding hydrogens is 481 g/mol. The Morgan fingerprint density at radius 2 is 2.13 bits per heavy atom. The van der Waals surface area contributed by atoms with E-state index in [9.17, 15) is 20.0 Å². The number of hydrogen-bond donors (Lipinski definition) is 2. The molecule has 0 unspecified atom stereocenters. The summed E-state index contributed by atoms with van der Waals surface area (Å²) < 4.78 is 1.31. The van der Waals surface area contributed by atoms with E-state index in [4.69, 9.17) is 0 Å². The van der Waals surface area contributed by atoms with Gasteiger partial charge in [0.2, 0.25) is 5.75 Å². The van der Waals surface area contributed by atoms with Crippen molar-refractivity contribution in [2.75, 3.05) is 0 Å².